The molecular formula is C29H42O3. The maximum Gasteiger partial charge on any atom is 0.302 e. The van der Waals surface area contributed by atoms with Gasteiger partial charge in [0.25, 0.3) is 0 Å². The van der Waals surface area contributed by atoms with Crippen LogP contribution in [0.4, 0.5) is 0 Å². The molecule has 0 spiro atoms. The van der Waals surface area contributed by atoms with E-state index in [0.29, 0.717) is 17.3 Å². The van der Waals surface area contributed by atoms with Crippen molar-refractivity contribution in [2.75, 3.05) is 0 Å². The first kappa shape index (κ1) is 22.4. The van der Waals surface area contributed by atoms with Gasteiger partial charge in [-0.1, -0.05) is 44.2 Å². The molecule has 0 aromatic heterocycles. The van der Waals surface area contributed by atoms with Crippen LogP contribution in [0.2, 0.25) is 0 Å². The standard InChI is InChI=1S/C29H42O3/c1-20(30)32-23-12-15-27(2)22(19-23)9-10-24-25(27)13-16-28(3)26(24)14-18-29(28,31)17-11-21-7-5-4-6-8-21/h4-8,22-26,31H,9-19H2,1-3H3/t22-,23+,24-,25+,26+,27-,28-,29-/m0/s1. The lowest BCUT2D eigenvalue weighted by Crippen LogP contribution is -2.57. The van der Waals surface area contributed by atoms with Crippen LogP contribution >= 0.6 is 0 Å². The normalized spacial score (nSPS) is 45.4. The molecule has 4 aliphatic carbocycles. The third kappa shape index (κ3) is 3.54. The molecule has 1 N–H and O–H groups in total. The van der Waals surface area contributed by atoms with E-state index in [0.717, 1.165) is 43.9 Å². The van der Waals surface area contributed by atoms with Crippen LogP contribution in [0.1, 0.15) is 90.5 Å². The number of carbonyl (C=O) groups excluding carboxylic acids is 1. The number of aliphatic hydroxyl groups is 1. The second-order valence-corrected chi connectivity index (χ2v) is 12.2. The van der Waals surface area contributed by atoms with E-state index in [1.165, 1.54) is 44.1 Å². The molecule has 176 valence electrons. The van der Waals surface area contributed by atoms with Gasteiger partial charge in [-0.25, -0.2) is 0 Å². The van der Waals surface area contributed by atoms with Crippen molar-refractivity contribution >= 4 is 5.97 Å². The maximum absolute atomic E-state index is 12.0. The fourth-order valence-corrected chi connectivity index (χ4v) is 9.08. The quantitative estimate of drug-likeness (QED) is 0.559. The lowest BCUT2D eigenvalue weighted by Gasteiger charge is -2.61. The van der Waals surface area contributed by atoms with Gasteiger partial charge in [-0.05, 0) is 111 Å². The Bertz CT molecular complexity index is 836. The van der Waals surface area contributed by atoms with Gasteiger partial charge in [0.15, 0.2) is 0 Å². The van der Waals surface area contributed by atoms with Gasteiger partial charge in [0.05, 0.1) is 5.60 Å². The predicted molar refractivity (Wildman–Crippen MR) is 127 cm³/mol. The molecule has 0 unspecified atom stereocenters. The number of esters is 1. The number of aryl methyl sites for hydroxylation is 1. The Balaban J connectivity index is 1.31. The first-order chi connectivity index (χ1) is 15.3. The number of carbonyl (C=O) groups is 1. The largest absolute Gasteiger partial charge is 0.463 e. The average Bonchev–Trinajstić information content (AvgIpc) is 3.04. The molecule has 0 saturated heterocycles. The minimum Gasteiger partial charge on any atom is -0.463 e. The summed E-state index contributed by atoms with van der Waals surface area (Å²) < 4.78 is 5.63. The van der Waals surface area contributed by atoms with Crippen LogP contribution in [-0.2, 0) is 16.0 Å². The molecule has 0 amide bonds. The van der Waals surface area contributed by atoms with E-state index in [-0.39, 0.29) is 17.5 Å². The van der Waals surface area contributed by atoms with Gasteiger partial charge in [0.2, 0.25) is 0 Å². The van der Waals surface area contributed by atoms with Gasteiger partial charge >= 0.3 is 5.97 Å². The van der Waals surface area contributed by atoms with Crippen LogP contribution in [0.3, 0.4) is 0 Å². The molecule has 4 saturated carbocycles. The molecule has 0 bridgehead atoms. The molecule has 1 aromatic carbocycles. The Labute approximate surface area is 194 Å². The number of hydrogen-bond donors (Lipinski definition) is 1. The number of benzene rings is 1. The van der Waals surface area contributed by atoms with Crippen molar-refractivity contribution in [3.63, 3.8) is 0 Å². The number of fused-ring (bicyclic) bond motifs is 5. The van der Waals surface area contributed by atoms with Crippen LogP contribution in [-0.4, -0.2) is 22.8 Å². The lowest BCUT2D eigenvalue weighted by molar-refractivity contribution is -0.170. The van der Waals surface area contributed by atoms with Gasteiger partial charge in [0.1, 0.15) is 6.10 Å². The second kappa shape index (κ2) is 8.15. The molecule has 1 aromatic rings. The highest BCUT2D eigenvalue weighted by Gasteiger charge is 2.64. The van der Waals surface area contributed by atoms with Crippen LogP contribution in [0.15, 0.2) is 30.3 Å². The Hall–Kier alpha value is -1.35. The molecule has 0 aliphatic heterocycles. The van der Waals surface area contributed by atoms with Crippen LogP contribution in [0.25, 0.3) is 0 Å². The number of ether oxygens (including phenoxy) is 1. The molecule has 8 atom stereocenters. The van der Waals surface area contributed by atoms with Gasteiger partial charge in [0, 0.05) is 6.92 Å². The first-order valence-electron chi connectivity index (χ1n) is 13.2. The smallest absolute Gasteiger partial charge is 0.302 e. The van der Waals surface area contributed by atoms with Crippen molar-refractivity contribution in [1.82, 2.24) is 0 Å². The van der Waals surface area contributed by atoms with Crippen LogP contribution in [0.5, 0.6) is 0 Å². The Morgan fingerprint density at radius 3 is 2.50 bits per heavy atom. The van der Waals surface area contributed by atoms with Crippen molar-refractivity contribution in [1.29, 1.82) is 0 Å². The number of rotatable bonds is 4. The summed E-state index contributed by atoms with van der Waals surface area (Å²) in [6, 6.07) is 10.7. The summed E-state index contributed by atoms with van der Waals surface area (Å²) in [4.78, 5) is 11.5. The molecule has 4 fully saturated rings. The molecule has 0 heterocycles. The Kier molecular flexibility index (Phi) is 5.72. The van der Waals surface area contributed by atoms with Gasteiger partial charge in [-0.2, -0.15) is 0 Å². The van der Waals surface area contributed by atoms with E-state index in [1.54, 1.807) is 6.92 Å². The van der Waals surface area contributed by atoms with Gasteiger partial charge in [-0.3, -0.25) is 4.79 Å². The second-order valence-electron chi connectivity index (χ2n) is 12.2. The first-order valence-corrected chi connectivity index (χ1v) is 13.2. The van der Waals surface area contributed by atoms with E-state index < -0.39 is 5.60 Å². The van der Waals surface area contributed by atoms with Crippen molar-refractivity contribution in [2.45, 2.75) is 103 Å². The minimum absolute atomic E-state index is 0.0566. The van der Waals surface area contributed by atoms with Crippen molar-refractivity contribution in [2.24, 2.45) is 34.5 Å². The summed E-state index contributed by atoms with van der Waals surface area (Å²) in [5.41, 5.74) is 1.26. The highest BCUT2D eigenvalue weighted by atomic mass is 16.5. The summed E-state index contributed by atoms with van der Waals surface area (Å²) >= 11 is 0. The highest BCUT2D eigenvalue weighted by Crippen LogP contribution is 2.68. The fourth-order valence-electron chi connectivity index (χ4n) is 9.08. The Morgan fingerprint density at radius 2 is 1.75 bits per heavy atom. The van der Waals surface area contributed by atoms with Crippen LogP contribution in [0, 0.1) is 34.5 Å². The molecule has 5 rings (SSSR count). The summed E-state index contributed by atoms with van der Waals surface area (Å²) in [7, 11) is 0. The zero-order chi connectivity index (χ0) is 22.6. The zero-order valence-corrected chi connectivity index (χ0v) is 20.3. The Morgan fingerprint density at radius 1 is 1.00 bits per heavy atom. The van der Waals surface area contributed by atoms with E-state index >= 15 is 0 Å². The molecular weight excluding hydrogens is 396 g/mol. The summed E-state index contributed by atoms with van der Waals surface area (Å²) in [5, 5.41) is 12.0. The van der Waals surface area contributed by atoms with Crippen molar-refractivity contribution < 1.29 is 14.6 Å². The summed E-state index contributed by atoms with van der Waals surface area (Å²) in [6.45, 7) is 6.53. The van der Waals surface area contributed by atoms with Crippen molar-refractivity contribution in [3.05, 3.63) is 35.9 Å². The zero-order valence-electron chi connectivity index (χ0n) is 20.3. The molecule has 4 aliphatic rings. The minimum atomic E-state index is -0.525. The van der Waals surface area contributed by atoms with E-state index in [2.05, 4.69) is 44.2 Å². The number of hydrogen-bond acceptors (Lipinski definition) is 3. The van der Waals surface area contributed by atoms with E-state index in [9.17, 15) is 9.90 Å². The van der Waals surface area contributed by atoms with Gasteiger partial charge < -0.3 is 9.84 Å². The van der Waals surface area contributed by atoms with Crippen molar-refractivity contribution in [3.8, 4) is 0 Å². The SMILES string of the molecule is CC(=O)O[C@@H]1CC[C@@]2(C)[C@@H](CC[C@H]3[C@H]2CC[C@@]2(C)[C@@H]3CC[C@@]2(O)CCc2ccccc2)C1. The van der Waals surface area contributed by atoms with Gasteiger partial charge in [-0.15, -0.1) is 0 Å². The highest BCUT2D eigenvalue weighted by molar-refractivity contribution is 5.66. The third-order valence-electron chi connectivity index (χ3n) is 10.9. The van der Waals surface area contributed by atoms with E-state index in [1.807, 2.05) is 0 Å². The summed E-state index contributed by atoms with van der Waals surface area (Å²) in [5.74, 6) is 2.75. The topological polar surface area (TPSA) is 46.5 Å². The lowest BCUT2D eigenvalue weighted by atomic mass is 9.44. The monoisotopic (exact) mass is 438 g/mol. The molecule has 3 nitrogen and oxygen atoms in total. The fraction of sp³-hybridized carbons (Fsp3) is 0.759. The predicted octanol–water partition coefficient (Wildman–Crippen LogP) is 6.32. The third-order valence-corrected chi connectivity index (χ3v) is 10.9. The molecule has 32 heavy (non-hydrogen) atoms. The van der Waals surface area contributed by atoms with Crippen LogP contribution < -0.4 is 0 Å². The summed E-state index contributed by atoms with van der Waals surface area (Å²) in [6.07, 6.45) is 12.4. The average molecular weight is 439 g/mol. The van der Waals surface area contributed by atoms with E-state index in [4.69, 9.17) is 4.74 Å². The maximum atomic E-state index is 12.0. The molecule has 0 radical (unpaired) electrons. The molecule has 3 heteroatoms.